The Morgan fingerprint density at radius 2 is 1.86 bits per heavy atom. The lowest BCUT2D eigenvalue weighted by Gasteiger charge is -2.20. The van der Waals surface area contributed by atoms with E-state index in [1.807, 2.05) is 0 Å². The fourth-order valence-electron chi connectivity index (χ4n) is 1.02. The molecule has 0 saturated heterocycles. The second-order valence-corrected chi connectivity index (χ2v) is 4.14. The van der Waals surface area contributed by atoms with Crippen molar-refractivity contribution < 1.29 is 17.5 Å². The summed E-state index contributed by atoms with van der Waals surface area (Å²) < 4.78 is 39.7. The lowest BCUT2D eigenvalue weighted by Crippen LogP contribution is -2.33. The highest BCUT2D eigenvalue weighted by molar-refractivity contribution is 7.89. The average molecular weight is 218 g/mol. The molecular weight excluding hydrogens is 209 g/mol. The summed E-state index contributed by atoms with van der Waals surface area (Å²) in [7, 11) is -3.80. The first-order chi connectivity index (χ1) is 6.42. The van der Waals surface area contributed by atoms with Crippen molar-refractivity contribution in [1.82, 2.24) is 5.14 Å². The normalized spacial score (nSPS) is 16.2. The molecule has 0 amide bonds. The van der Waals surface area contributed by atoms with E-state index < -0.39 is 15.2 Å². The van der Waals surface area contributed by atoms with Crippen molar-refractivity contribution in [1.29, 1.82) is 0 Å². The van der Waals surface area contributed by atoms with Crippen molar-refractivity contribution in [2.75, 3.05) is 7.11 Å². The summed E-state index contributed by atoms with van der Waals surface area (Å²) in [4.78, 5) is 0. The maximum atomic E-state index is 13.8. The molecule has 4 nitrogen and oxygen atoms in total. The first-order valence-electron chi connectivity index (χ1n) is 3.70. The van der Waals surface area contributed by atoms with E-state index in [0.717, 1.165) is 7.11 Å². The Bertz CT molecular complexity index is 406. The molecule has 0 saturated carbocycles. The molecule has 0 aliphatic carbocycles. The number of ether oxygens (including phenoxy) is 1. The molecule has 1 aromatic carbocycles. The number of methoxy groups -OCH3 is 1. The van der Waals surface area contributed by atoms with Crippen LogP contribution in [-0.2, 0) is 19.9 Å². The van der Waals surface area contributed by atoms with Crippen LogP contribution in [0.1, 0.15) is 5.56 Å². The van der Waals surface area contributed by atoms with Crippen LogP contribution in [0, 0.1) is 0 Å². The van der Waals surface area contributed by atoms with Crippen LogP contribution in [-0.4, -0.2) is 15.5 Å². The van der Waals surface area contributed by atoms with Crippen LogP contribution in [0.2, 0.25) is 0 Å². The van der Waals surface area contributed by atoms with Crippen molar-refractivity contribution in [2.45, 2.75) is 5.19 Å². The topological polar surface area (TPSA) is 67.2 Å². The zero-order valence-corrected chi connectivity index (χ0v) is 8.21. The van der Waals surface area contributed by atoms with Gasteiger partial charge in [0.05, 0.1) is 0 Å². The molecule has 1 unspecified atom stereocenters. The molecule has 1 radical (unpaired) electrons. The monoisotopic (exact) mass is 218 g/mol. The molecule has 14 heavy (non-hydrogen) atoms. The molecule has 0 fully saturated rings. The average Bonchev–Trinajstić information content (AvgIpc) is 2.16. The molecule has 1 atom stereocenters. The molecule has 0 aliphatic rings. The van der Waals surface area contributed by atoms with Crippen molar-refractivity contribution in [3.63, 3.8) is 0 Å². The predicted octanol–water partition coefficient (Wildman–Crippen LogP) is 1.03. The van der Waals surface area contributed by atoms with E-state index in [9.17, 15) is 12.8 Å². The van der Waals surface area contributed by atoms with Gasteiger partial charge in [0.15, 0.2) is 0 Å². The van der Waals surface area contributed by atoms with E-state index in [1.165, 1.54) is 24.3 Å². The summed E-state index contributed by atoms with van der Waals surface area (Å²) in [5, 5.41) is 3.61. The summed E-state index contributed by atoms with van der Waals surface area (Å²) in [5.74, 6) is 0. The van der Waals surface area contributed by atoms with E-state index in [-0.39, 0.29) is 5.56 Å². The molecule has 77 valence electrons. The van der Waals surface area contributed by atoms with E-state index >= 15 is 0 Å². The van der Waals surface area contributed by atoms with Gasteiger partial charge < -0.3 is 4.74 Å². The van der Waals surface area contributed by atoms with Crippen LogP contribution in [0.5, 0.6) is 0 Å². The highest BCUT2D eigenvalue weighted by atomic mass is 32.2. The molecule has 0 aromatic heterocycles. The Balaban J connectivity index is 3.30. The summed E-state index contributed by atoms with van der Waals surface area (Å²) in [6.07, 6.45) is 0. The van der Waals surface area contributed by atoms with Gasteiger partial charge in [0.2, 0.25) is 0 Å². The van der Waals surface area contributed by atoms with Gasteiger partial charge in [0.25, 0.3) is 10.0 Å². The fraction of sp³-hybridized carbons (Fsp3) is 0.250. The maximum absolute atomic E-state index is 13.8. The SMILES string of the molecule is COC(F)(c1ccccc1)S([NH])(=O)=O. The fourth-order valence-corrected chi connectivity index (χ4v) is 1.69. The van der Waals surface area contributed by atoms with Gasteiger partial charge in [-0.2, -0.15) is 4.39 Å². The number of sulfonamides is 1. The molecular formula is C8H9FNO3S. The van der Waals surface area contributed by atoms with Crippen LogP contribution in [0.25, 0.3) is 0 Å². The Hall–Kier alpha value is -0.980. The zero-order chi connectivity index (χ0) is 10.8. The Kier molecular flexibility index (Phi) is 2.89. The molecule has 0 bridgehead atoms. The number of alkyl halides is 1. The van der Waals surface area contributed by atoms with E-state index in [1.54, 1.807) is 6.07 Å². The summed E-state index contributed by atoms with van der Waals surface area (Å²) in [6, 6.07) is 7.03. The third kappa shape index (κ3) is 1.77. The third-order valence-electron chi connectivity index (χ3n) is 1.73. The number of nitrogens with one attached hydrogen (secondary N) is 1. The van der Waals surface area contributed by atoms with Gasteiger partial charge in [-0.1, -0.05) is 30.3 Å². The predicted molar refractivity (Wildman–Crippen MR) is 48.3 cm³/mol. The van der Waals surface area contributed by atoms with Gasteiger partial charge >= 0.3 is 5.19 Å². The molecule has 1 rings (SSSR count). The second-order valence-electron chi connectivity index (χ2n) is 2.61. The van der Waals surface area contributed by atoms with E-state index in [0.29, 0.717) is 0 Å². The number of hydrogen-bond acceptors (Lipinski definition) is 3. The van der Waals surface area contributed by atoms with Crippen molar-refractivity contribution in [3.8, 4) is 0 Å². The van der Waals surface area contributed by atoms with Gasteiger partial charge in [-0.05, 0) is 0 Å². The molecule has 0 spiro atoms. The molecule has 0 aliphatic heterocycles. The quantitative estimate of drug-likeness (QED) is 0.760. The van der Waals surface area contributed by atoms with Crippen LogP contribution < -0.4 is 5.14 Å². The van der Waals surface area contributed by atoms with Crippen LogP contribution in [0.4, 0.5) is 4.39 Å². The summed E-state index contributed by atoms with van der Waals surface area (Å²) in [5.41, 5.74) is -0.211. The molecule has 1 N–H and O–H groups in total. The molecule has 0 heterocycles. The van der Waals surface area contributed by atoms with E-state index in [2.05, 4.69) is 4.74 Å². The van der Waals surface area contributed by atoms with E-state index in [4.69, 9.17) is 5.14 Å². The maximum Gasteiger partial charge on any atom is 0.352 e. The molecule has 6 heteroatoms. The largest absolute Gasteiger partial charge is 0.352 e. The first-order valence-corrected chi connectivity index (χ1v) is 5.19. The minimum atomic E-state index is -4.71. The highest BCUT2D eigenvalue weighted by Gasteiger charge is 2.45. The van der Waals surface area contributed by atoms with Gasteiger partial charge in [-0.3, -0.25) is 0 Å². The number of hydrogen-bond donors (Lipinski definition) is 0. The van der Waals surface area contributed by atoms with Crippen molar-refractivity contribution >= 4 is 10.0 Å². The van der Waals surface area contributed by atoms with Crippen LogP contribution in [0.15, 0.2) is 30.3 Å². The summed E-state index contributed by atoms with van der Waals surface area (Å²) >= 11 is 0. The highest BCUT2D eigenvalue weighted by Crippen LogP contribution is 2.31. The lowest BCUT2D eigenvalue weighted by molar-refractivity contribution is -0.0531. The standard InChI is InChI=1S/C8H9FNO3S/c1-13-8(9,14(10,11)12)7-5-3-2-4-6-7/h2-6,10H,1H3. The number of rotatable bonds is 3. The number of halogens is 1. The minimum absolute atomic E-state index is 0.211. The van der Waals surface area contributed by atoms with Gasteiger partial charge in [0, 0.05) is 12.7 Å². The number of benzene rings is 1. The minimum Gasteiger partial charge on any atom is -0.333 e. The molecule has 1 aromatic rings. The zero-order valence-electron chi connectivity index (χ0n) is 7.40. The summed E-state index contributed by atoms with van der Waals surface area (Å²) in [6.45, 7) is 0. The van der Waals surface area contributed by atoms with Gasteiger partial charge in [-0.15, -0.1) is 5.14 Å². The van der Waals surface area contributed by atoms with Crippen molar-refractivity contribution in [2.24, 2.45) is 0 Å². The van der Waals surface area contributed by atoms with Gasteiger partial charge in [0.1, 0.15) is 0 Å². The van der Waals surface area contributed by atoms with Crippen molar-refractivity contribution in [3.05, 3.63) is 35.9 Å². The van der Waals surface area contributed by atoms with Crippen LogP contribution >= 0.6 is 0 Å². The third-order valence-corrected chi connectivity index (χ3v) is 2.82. The Morgan fingerprint density at radius 3 is 2.21 bits per heavy atom. The van der Waals surface area contributed by atoms with Crippen LogP contribution in [0.3, 0.4) is 0 Å². The lowest BCUT2D eigenvalue weighted by atomic mass is 10.2. The Labute approximate surface area is 81.5 Å². The first kappa shape index (κ1) is 11.1. The smallest absolute Gasteiger partial charge is 0.333 e. The van der Waals surface area contributed by atoms with Gasteiger partial charge in [-0.25, -0.2) is 8.42 Å². The second kappa shape index (κ2) is 3.64. The Morgan fingerprint density at radius 1 is 1.36 bits per heavy atom.